The van der Waals surface area contributed by atoms with Crippen LogP contribution in [-0.2, 0) is 19.6 Å². The summed E-state index contributed by atoms with van der Waals surface area (Å²) < 4.78 is 0. The lowest BCUT2D eigenvalue weighted by molar-refractivity contribution is 0.318. The van der Waals surface area contributed by atoms with Crippen LogP contribution >= 0.6 is 22.7 Å². The zero-order valence-electron chi connectivity index (χ0n) is 10.1. The van der Waals surface area contributed by atoms with Crippen LogP contribution in [0.3, 0.4) is 0 Å². The third kappa shape index (κ3) is 3.89. The van der Waals surface area contributed by atoms with E-state index in [2.05, 4.69) is 45.1 Å². The van der Waals surface area contributed by atoms with Gasteiger partial charge in [-0.2, -0.15) is 0 Å². The molecule has 0 aliphatic carbocycles. The summed E-state index contributed by atoms with van der Waals surface area (Å²) in [6, 6.07) is 4.27. The highest BCUT2D eigenvalue weighted by molar-refractivity contribution is 7.10. The molecular weight excluding hydrogens is 250 g/mol. The first-order valence-corrected chi connectivity index (χ1v) is 7.32. The first-order chi connectivity index (χ1) is 8.28. The second-order valence-electron chi connectivity index (χ2n) is 4.01. The molecule has 1 N–H and O–H groups in total. The van der Waals surface area contributed by atoms with Gasteiger partial charge < -0.3 is 5.32 Å². The molecule has 2 aromatic heterocycles. The minimum Gasteiger partial charge on any atom is -0.314 e. The quantitative estimate of drug-likeness (QED) is 0.872. The fourth-order valence-corrected chi connectivity index (χ4v) is 3.24. The van der Waals surface area contributed by atoms with Gasteiger partial charge in [0.05, 0.1) is 5.69 Å². The van der Waals surface area contributed by atoms with E-state index < -0.39 is 0 Å². The van der Waals surface area contributed by atoms with Crippen molar-refractivity contribution in [2.45, 2.75) is 19.6 Å². The summed E-state index contributed by atoms with van der Waals surface area (Å²) in [7, 11) is 4.08. The Labute approximate surface area is 110 Å². The third-order valence-electron chi connectivity index (χ3n) is 2.37. The van der Waals surface area contributed by atoms with E-state index in [1.54, 1.807) is 22.7 Å². The van der Waals surface area contributed by atoms with Gasteiger partial charge in [-0.15, -0.1) is 22.7 Å². The Kier molecular flexibility index (Phi) is 4.67. The van der Waals surface area contributed by atoms with Gasteiger partial charge in [0, 0.05) is 29.9 Å². The van der Waals surface area contributed by atoms with E-state index >= 15 is 0 Å². The molecule has 0 amide bonds. The fourth-order valence-electron chi connectivity index (χ4n) is 1.65. The van der Waals surface area contributed by atoms with Gasteiger partial charge in [-0.05, 0) is 25.5 Å². The van der Waals surface area contributed by atoms with E-state index in [0.29, 0.717) is 0 Å². The normalized spacial score (nSPS) is 11.2. The Morgan fingerprint density at radius 1 is 1.35 bits per heavy atom. The predicted octanol–water partition coefficient (Wildman–Crippen LogP) is 2.56. The van der Waals surface area contributed by atoms with Gasteiger partial charge >= 0.3 is 0 Å². The average Bonchev–Trinajstić information content (AvgIpc) is 2.91. The van der Waals surface area contributed by atoms with Crippen LogP contribution < -0.4 is 5.32 Å². The van der Waals surface area contributed by atoms with Crippen molar-refractivity contribution in [3.05, 3.63) is 38.5 Å². The zero-order chi connectivity index (χ0) is 12.1. The second kappa shape index (κ2) is 6.26. The molecule has 0 bridgehead atoms. The van der Waals surface area contributed by atoms with Crippen molar-refractivity contribution >= 4 is 22.7 Å². The highest BCUT2D eigenvalue weighted by atomic mass is 32.1. The van der Waals surface area contributed by atoms with Crippen LogP contribution in [0.15, 0.2) is 22.9 Å². The number of thiophene rings is 1. The molecule has 0 fully saturated rings. The number of aromatic nitrogens is 1. The standard InChI is InChI=1S/C12H17N3S2/c1-13-6-12-14-10(9-17-12)7-15(2)8-11-4-3-5-16-11/h3-5,9,13H,6-8H2,1-2H3. The maximum Gasteiger partial charge on any atom is 0.107 e. The zero-order valence-corrected chi connectivity index (χ0v) is 11.8. The van der Waals surface area contributed by atoms with Gasteiger partial charge in [-0.25, -0.2) is 4.98 Å². The SMILES string of the molecule is CNCc1nc(CN(C)Cc2cccs2)cs1. The maximum atomic E-state index is 4.59. The van der Waals surface area contributed by atoms with Crippen LogP contribution in [0.1, 0.15) is 15.6 Å². The van der Waals surface area contributed by atoms with Crippen molar-refractivity contribution in [3.8, 4) is 0 Å². The largest absolute Gasteiger partial charge is 0.314 e. The summed E-state index contributed by atoms with van der Waals surface area (Å²) in [5.41, 5.74) is 1.17. The Morgan fingerprint density at radius 3 is 2.94 bits per heavy atom. The first kappa shape index (κ1) is 12.7. The Morgan fingerprint density at radius 2 is 2.24 bits per heavy atom. The van der Waals surface area contributed by atoms with E-state index in [4.69, 9.17) is 0 Å². The number of nitrogens with one attached hydrogen (secondary N) is 1. The lowest BCUT2D eigenvalue weighted by Crippen LogP contribution is -2.16. The van der Waals surface area contributed by atoms with Crippen molar-refractivity contribution in [2.75, 3.05) is 14.1 Å². The molecule has 2 aromatic rings. The van der Waals surface area contributed by atoms with Crippen LogP contribution in [-0.4, -0.2) is 24.0 Å². The second-order valence-corrected chi connectivity index (χ2v) is 5.99. The number of hydrogen-bond acceptors (Lipinski definition) is 5. The summed E-state index contributed by atoms with van der Waals surface area (Å²) in [6.07, 6.45) is 0. The first-order valence-electron chi connectivity index (χ1n) is 5.56. The molecule has 2 heterocycles. The van der Waals surface area contributed by atoms with Crippen molar-refractivity contribution in [2.24, 2.45) is 0 Å². The molecule has 0 spiro atoms. The fraction of sp³-hybridized carbons (Fsp3) is 0.417. The molecule has 92 valence electrons. The molecule has 0 aliphatic heterocycles. The van der Waals surface area contributed by atoms with Crippen molar-refractivity contribution in [3.63, 3.8) is 0 Å². The molecule has 0 aliphatic rings. The Hall–Kier alpha value is -0.750. The smallest absolute Gasteiger partial charge is 0.107 e. The lowest BCUT2D eigenvalue weighted by atomic mass is 10.4. The van der Waals surface area contributed by atoms with E-state index in [-0.39, 0.29) is 0 Å². The topological polar surface area (TPSA) is 28.2 Å². The highest BCUT2D eigenvalue weighted by Crippen LogP contribution is 2.14. The van der Waals surface area contributed by atoms with E-state index in [9.17, 15) is 0 Å². The van der Waals surface area contributed by atoms with Crippen LogP contribution in [0.5, 0.6) is 0 Å². The molecule has 0 atom stereocenters. The van der Waals surface area contributed by atoms with E-state index in [0.717, 1.165) is 24.6 Å². The van der Waals surface area contributed by atoms with Crippen molar-refractivity contribution in [1.29, 1.82) is 0 Å². The van der Waals surface area contributed by atoms with Gasteiger partial charge in [0.2, 0.25) is 0 Å². The van der Waals surface area contributed by atoms with Crippen LogP contribution in [0.2, 0.25) is 0 Å². The van der Waals surface area contributed by atoms with Crippen molar-refractivity contribution in [1.82, 2.24) is 15.2 Å². The number of hydrogen-bond donors (Lipinski definition) is 1. The minimum absolute atomic E-state index is 0.860. The Bertz CT molecular complexity index is 436. The molecular formula is C12H17N3S2. The molecule has 0 radical (unpaired) electrons. The highest BCUT2D eigenvalue weighted by Gasteiger charge is 2.06. The number of rotatable bonds is 6. The van der Waals surface area contributed by atoms with Gasteiger partial charge in [0.25, 0.3) is 0 Å². The Balaban J connectivity index is 1.86. The monoisotopic (exact) mass is 267 g/mol. The van der Waals surface area contributed by atoms with E-state index in [1.165, 1.54) is 10.6 Å². The predicted molar refractivity (Wildman–Crippen MR) is 74.4 cm³/mol. The molecule has 0 saturated heterocycles. The van der Waals surface area contributed by atoms with Gasteiger partial charge in [-0.1, -0.05) is 6.07 Å². The number of thiazole rings is 1. The molecule has 5 heteroatoms. The van der Waals surface area contributed by atoms with Crippen LogP contribution in [0, 0.1) is 0 Å². The third-order valence-corrected chi connectivity index (χ3v) is 4.12. The summed E-state index contributed by atoms with van der Waals surface area (Å²) in [6.45, 7) is 2.77. The van der Waals surface area contributed by atoms with Crippen LogP contribution in [0.4, 0.5) is 0 Å². The van der Waals surface area contributed by atoms with Crippen molar-refractivity contribution < 1.29 is 0 Å². The number of nitrogens with zero attached hydrogens (tertiary/aromatic N) is 2. The molecule has 0 saturated carbocycles. The van der Waals surface area contributed by atoms with Gasteiger partial charge in [-0.3, -0.25) is 4.90 Å². The minimum atomic E-state index is 0.860. The lowest BCUT2D eigenvalue weighted by Gasteiger charge is -2.13. The molecule has 17 heavy (non-hydrogen) atoms. The average molecular weight is 267 g/mol. The summed E-state index contributed by atoms with van der Waals surface area (Å²) in [4.78, 5) is 8.28. The summed E-state index contributed by atoms with van der Waals surface area (Å²) in [5, 5.41) is 8.55. The molecule has 3 nitrogen and oxygen atoms in total. The molecule has 2 rings (SSSR count). The van der Waals surface area contributed by atoms with Gasteiger partial charge in [0.1, 0.15) is 5.01 Å². The summed E-state index contributed by atoms with van der Waals surface area (Å²) in [5.74, 6) is 0. The molecule has 0 unspecified atom stereocenters. The van der Waals surface area contributed by atoms with E-state index in [1.807, 2.05) is 7.05 Å². The van der Waals surface area contributed by atoms with Crippen LogP contribution in [0.25, 0.3) is 0 Å². The molecule has 0 aromatic carbocycles. The maximum absolute atomic E-state index is 4.59. The van der Waals surface area contributed by atoms with Gasteiger partial charge in [0.15, 0.2) is 0 Å². The summed E-state index contributed by atoms with van der Waals surface area (Å²) >= 11 is 3.53.